The van der Waals surface area contributed by atoms with Gasteiger partial charge in [-0.25, -0.2) is 4.79 Å². The third-order valence-corrected chi connectivity index (χ3v) is 4.25. The Balaban J connectivity index is 1.68. The lowest BCUT2D eigenvalue weighted by molar-refractivity contribution is 0.188. The Morgan fingerprint density at radius 3 is 3.26 bits per heavy atom. The number of hydrogen-bond acceptors (Lipinski definition) is 3. The number of carbonyl (C=O) groups excluding carboxylic acids is 1. The summed E-state index contributed by atoms with van der Waals surface area (Å²) >= 11 is 0. The lowest BCUT2D eigenvalue weighted by Gasteiger charge is -2.28. The van der Waals surface area contributed by atoms with Crippen molar-refractivity contribution in [2.24, 2.45) is 5.73 Å². The van der Waals surface area contributed by atoms with Crippen molar-refractivity contribution in [2.75, 3.05) is 13.1 Å². The second kappa shape index (κ2) is 5.21. The van der Waals surface area contributed by atoms with E-state index < -0.39 is 0 Å². The number of aromatic nitrogens is 2. The van der Waals surface area contributed by atoms with Crippen LogP contribution in [0.1, 0.15) is 43.0 Å². The summed E-state index contributed by atoms with van der Waals surface area (Å²) in [6.45, 7) is 1.36. The highest BCUT2D eigenvalue weighted by molar-refractivity contribution is 5.75. The van der Waals surface area contributed by atoms with Crippen molar-refractivity contribution in [1.82, 2.24) is 20.4 Å². The van der Waals surface area contributed by atoms with Crippen LogP contribution in [0.15, 0.2) is 6.20 Å². The fourth-order valence-corrected chi connectivity index (χ4v) is 3.19. The number of nitrogens with one attached hydrogen (secondary N) is 2. The van der Waals surface area contributed by atoms with Gasteiger partial charge in [-0.2, -0.15) is 5.10 Å². The molecule has 1 aromatic heterocycles. The Hall–Kier alpha value is -1.56. The second-order valence-corrected chi connectivity index (χ2v) is 5.43. The minimum absolute atomic E-state index is 0.0143. The Kier molecular flexibility index (Phi) is 3.42. The van der Waals surface area contributed by atoms with Gasteiger partial charge >= 0.3 is 6.03 Å². The maximum atomic E-state index is 12.3. The number of aryl methyl sites for hydroxylation is 1. The highest BCUT2D eigenvalue weighted by Gasteiger charge is 2.30. The number of hydrogen-bond donors (Lipinski definition) is 3. The van der Waals surface area contributed by atoms with Gasteiger partial charge in [-0.1, -0.05) is 0 Å². The molecule has 2 amide bonds. The number of urea groups is 1. The summed E-state index contributed by atoms with van der Waals surface area (Å²) in [5.41, 5.74) is 8.02. The van der Waals surface area contributed by atoms with Gasteiger partial charge in [0.25, 0.3) is 0 Å². The van der Waals surface area contributed by atoms with Crippen molar-refractivity contribution < 1.29 is 4.79 Å². The number of aromatic amines is 1. The van der Waals surface area contributed by atoms with Crippen molar-refractivity contribution in [1.29, 1.82) is 0 Å². The van der Waals surface area contributed by atoms with Crippen molar-refractivity contribution in [3.8, 4) is 0 Å². The fourth-order valence-electron chi connectivity index (χ4n) is 3.19. The number of nitrogens with two attached hydrogens (primary N) is 1. The van der Waals surface area contributed by atoms with E-state index >= 15 is 0 Å². The smallest absolute Gasteiger partial charge is 0.318 e. The molecule has 1 unspecified atom stereocenters. The van der Waals surface area contributed by atoms with Gasteiger partial charge in [0.2, 0.25) is 0 Å². The van der Waals surface area contributed by atoms with E-state index in [0.29, 0.717) is 6.54 Å². The van der Waals surface area contributed by atoms with Gasteiger partial charge in [0.1, 0.15) is 0 Å². The first-order valence-electron chi connectivity index (χ1n) is 7.09. The van der Waals surface area contributed by atoms with Crippen LogP contribution in [-0.4, -0.2) is 40.3 Å². The van der Waals surface area contributed by atoms with Crippen LogP contribution in [0, 0.1) is 0 Å². The zero-order valence-electron chi connectivity index (χ0n) is 11.1. The average Bonchev–Trinajstić information content (AvgIpc) is 3.07. The fraction of sp³-hybridized carbons (Fsp3) is 0.692. The number of rotatable bonds is 2. The standard InChI is InChI=1S/C13H21N5O/c14-7-10-4-2-6-18(10)13(19)16-11-5-1-3-9-8-15-17-12(9)11/h8,10-11H,1-7,14H2,(H,15,17)(H,16,19)/t10-,11?/m1/s1. The molecule has 104 valence electrons. The van der Waals surface area contributed by atoms with Gasteiger partial charge in [-0.15, -0.1) is 0 Å². The lowest BCUT2D eigenvalue weighted by Crippen LogP contribution is -2.47. The summed E-state index contributed by atoms with van der Waals surface area (Å²) in [6.07, 6.45) is 7.05. The van der Waals surface area contributed by atoms with Crippen LogP contribution in [0.4, 0.5) is 4.79 Å². The van der Waals surface area contributed by atoms with Crippen molar-refractivity contribution >= 4 is 6.03 Å². The van der Waals surface area contributed by atoms with Gasteiger partial charge in [-0.3, -0.25) is 5.10 Å². The van der Waals surface area contributed by atoms with Crippen molar-refractivity contribution in [2.45, 2.75) is 44.2 Å². The van der Waals surface area contributed by atoms with Crippen LogP contribution in [0.5, 0.6) is 0 Å². The zero-order valence-corrected chi connectivity index (χ0v) is 11.1. The molecule has 4 N–H and O–H groups in total. The largest absolute Gasteiger partial charge is 0.330 e. The van der Waals surface area contributed by atoms with Crippen LogP contribution < -0.4 is 11.1 Å². The molecule has 0 saturated carbocycles. The molecule has 1 saturated heterocycles. The van der Waals surface area contributed by atoms with Gasteiger partial charge < -0.3 is 16.0 Å². The van der Waals surface area contributed by atoms with E-state index in [0.717, 1.165) is 44.3 Å². The monoisotopic (exact) mass is 263 g/mol. The quantitative estimate of drug-likeness (QED) is 0.741. The van der Waals surface area contributed by atoms with Gasteiger partial charge in [-0.05, 0) is 37.7 Å². The van der Waals surface area contributed by atoms with Crippen molar-refractivity contribution in [3.05, 3.63) is 17.5 Å². The minimum atomic E-state index is 0.0143. The highest BCUT2D eigenvalue weighted by atomic mass is 16.2. The SMILES string of the molecule is NC[C@H]1CCCN1C(=O)NC1CCCc2cn[nH]c21. The summed E-state index contributed by atoms with van der Waals surface area (Å²) in [4.78, 5) is 14.2. The lowest BCUT2D eigenvalue weighted by atomic mass is 9.94. The first-order valence-corrected chi connectivity index (χ1v) is 7.09. The van der Waals surface area contributed by atoms with E-state index in [2.05, 4.69) is 15.5 Å². The summed E-state index contributed by atoms with van der Waals surface area (Å²) < 4.78 is 0. The molecule has 0 bridgehead atoms. The summed E-state index contributed by atoms with van der Waals surface area (Å²) in [6, 6.07) is 0.281. The number of amides is 2. The molecule has 1 aliphatic carbocycles. The molecule has 0 radical (unpaired) electrons. The van der Waals surface area contributed by atoms with Gasteiger partial charge in [0.05, 0.1) is 17.9 Å². The molecule has 2 atom stereocenters. The molecule has 6 heteroatoms. The van der Waals surface area contributed by atoms with E-state index in [4.69, 9.17) is 5.73 Å². The maximum Gasteiger partial charge on any atom is 0.318 e. The van der Waals surface area contributed by atoms with Crippen LogP contribution >= 0.6 is 0 Å². The van der Waals surface area contributed by atoms with E-state index in [1.165, 1.54) is 5.56 Å². The second-order valence-electron chi connectivity index (χ2n) is 5.43. The van der Waals surface area contributed by atoms with Gasteiger partial charge in [0.15, 0.2) is 0 Å². The Labute approximate surface area is 112 Å². The summed E-state index contributed by atoms with van der Waals surface area (Å²) in [7, 11) is 0. The molecule has 2 heterocycles. The number of H-pyrrole nitrogens is 1. The summed E-state index contributed by atoms with van der Waals surface area (Å²) in [5.74, 6) is 0. The maximum absolute atomic E-state index is 12.3. The molecule has 19 heavy (non-hydrogen) atoms. The Morgan fingerprint density at radius 1 is 1.53 bits per heavy atom. The number of nitrogens with zero attached hydrogens (tertiary/aromatic N) is 2. The third-order valence-electron chi connectivity index (χ3n) is 4.25. The third kappa shape index (κ3) is 2.32. The number of fused-ring (bicyclic) bond motifs is 1. The van der Waals surface area contributed by atoms with Crippen LogP contribution in [0.2, 0.25) is 0 Å². The van der Waals surface area contributed by atoms with E-state index in [9.17, 15) is 4.79 Å². The zero-order chi connectivity index (χ0) is 13.2. The first kappa shape index (κ1) is 12.5. The molecule has 0 aromatic carbocycles. The molecule has 0 spiro atoms. The normalized spacial score (nSPS) is 26.3. The Bertz CT molecular complexity index is 458. The molecule has 2 aliphatic rings. The minimum Gasteiger partial charge on any atom is -0.330 e. The molecular formula is C13H21N5O. The molecule has 1 aliphatic heterocycles. The molecular weight excluding hydrogens is 242 g/mol. The average molecular weight is 263 g/mol. The number of likely N-dealkylation sites (tertiary alicyclic amines) is 1. The van der Waals surface area contributed by atoms with Crippen LogP contribution in [0.3, 0.4) is 0 Å². The highest BCUT2D eigenvalue weighted by Crippen LogP contribution is 2.28. The predicted octanol–water partition coefficient (Wildman–Crippen LogP) is 0.920. The summed E-state index contributed by atoms with van der Waals surface area (Å²) in [5, 5.41) is 10.2. The molecule has 1 fully saturated rings. The van der Waals surface area contributed by atoms with Gasteiger partial charge in [0, 0.05) is 19.1 Å². The molecule has 6 nitrogen and oxygen atoms in total. The van der Waals surface area contributed by atoms with E-state index in [-0.39, 0.29) is 18.1 Å². The molecule has 3 rings (SSSR count). The molecule has 1 aromatic rings. The topological polar surface area (TPSA) is 87.0 Å². The number of carbonyl (C=O) groups is 1. The van der Waals surface area contributed by atoms with Crippen LogP contribution in [-0.2, 0) is 6.42 Å². The van der Waals surface area contributed by atoms with E-state index in [1.807, 2.05) is 11.1 Å². The van der Waals surface area contributed by atoms with E-state index in [1.54, 1.807) is 0 Å². The predicted molar refractivity (Wildman–Crippen MR) is 71.6 cm³/mol. The first-order chi connectivity index (χ1) is 9.29. The Morgan fingerprint density at radius 2 is 2.42 bits per heavy atom. The van der Waals surface area contributed by atoms with Crippen LogP contribution in [0.25, 0.3) is 0 Å². The van der Waals surface area contributed by atoms with Crippen molar-refractivity contribution in [3.63, 3.8) is 0 Å².